The molecule has 0 aliphatic carbocycles. The molecule has 1 aliphatic rings. The van der Waals surface area contributed by atoms with Crippen molar-refractivity contribution in [3.8, 4) is 11.5 Å². The van der Waals surface area contributed by atoms with Crippen molar-refractivity contribution in [1.29, 1.82) is 0 Å². The third-order valence-corrected chi connectivity index (χ3v) is 5.98. The molecule has 2 aromatic rings. The molecular weight excluding hydrogens is 342 g/mol. The minimum Gasteiger partial charge on any atom is -0.493 e. The number of para-hydroxylation sites is 2. The first-order chi connectivity index (χ1) is 12.0. The maximum absolute atomic E-state index is 12.5. The molecule has 0 saturated carbocycles. The Kier molecular flexibility index (Phi) is 5.06. The summed E-state index contributed by atoms with van der Waals surface area (Å²) in [4.78, 5) is 12.4. The molecule has 0 N–H and O–H groups in total. The lowest BCUT2D eigenvalue weighted by molar-refractivity contribution is 0.0729. The van der Waals surface area contributed by atoms with Gasteiger partial charge in [0.15, 0.2) is 11.5 Å². The summed E-state index contributed by atoms with van der Waals surface area (Å²) in [6.45, 7) is 1.08. The van der Waals surface area contributed by atoms with Crippen LogP contribution >= 0.6 is 0 Å². The Morgan fingerprint density at radius 2 is 1.56 bits per heavy atom. The molecule has 0 bridgehead atoms. The molecule has 3 rings (SSSR count). The number of sulfonamides is 1. The van der Waals surface area contributed by atoms with Crippen LogP contribution in [-0.4, -0.2) is 38.9 Å². The average molecular weight is 361 g/mol. The summed E-state index contributed by atoms with van der Waals surface area (Å²) >= 11 is 0. The standard InChI is InChI=1S/C18H19NO5S/c1-23-16-6-2-3-7-17(16)24-18(20)14-8-10-15(11-9-14)25(21,22)19-12-4-5-13-19/h2-3,6-11H,4-5,12-13H2,1H3. The predicted octanol–water partition coefficient (Wildman–Crippen LogP) is 2.70. The van der Waals surface area contributed by atoms with E-state index in [0.717, 1.165) is 12.8 Å². The smallest absolute Gasteiger partial charge is 0.343 e. The lowest BCUT2D eigenvalue weighted by Gasteiger charge is -2.15. The molecule has 0 spiro atoms. The summed E-state index contributed by atoms with van der Waals surface area (Å²) in [7, 11) is -2.00. The van der Waals surface area contributed by atoms with Crippen LogP contribution in [0.3, 0.4) is 0 Å². The van der Waals surface area contributed by atoms with E-state index >= 15 is 0 Å². The normalized spacial score (nSPS) is 15.1. The Labute approximate surface area is 147 Å². The van der Waals surface area contributed by atoms with Gasteiger partial charge in [0.2, 0.25) is 10.0 Å². The van der Waals surface area contributed by atoms with Gasteiger partial charge in [0, 0.05) is 13.1 Å². The van der Waals surface area contributed by atoms with Crippen molar-refractivity contribution >= 4 is 16.0 Å². The van der Waals surface area contributed by atoms with Crippen molar-refractivity contribution in [2.75, 3.05) is 20.2 Å². The van der Waals surface area contributed by atoms with E-state index in [1.807, 2.05) is 0 Å². The van der Waals surface area contributed by atoms with Crippen molar-refractivity contribution in [2.45, 2.75) is 17.7 Å². The van der Waals surface area contributed by atoms with E-state index in [4.69, 9.17) is 9.47 Å². The second-order valence-electron chi connectivity index (χ2n) is 5.68. The van der Waals surface area contributed by atoms with Crippen LogP contribution in [0.15, 0.2) is 53.4 Å². The van der Waals surface area contributed by atoms with Crippen LogP contribution < -0.4 is 9.47 Å². The van der Waals surface area contributed by atoms with Gasteiger partial charge in [-0.25, -0.2) is 13.2 Å². The highest BCUT2D eigenvalue weighted by atomic mass is 32.2. The van der Waals surface area contributed by atoms with Crippen molar-refractivity contribution in [1.82, 2.24) is 4.31 Å². The van der Waals surface area contributed by atoms with Gasteiger partial charge in [-0.3, -0.25) is 0 Å². The fourth-order valence-electron chi connectivity index (χ4n) is 2.70. The number of methoxy groups -OCH3 is 1. The summed E-state index contributed by atoms with van der Waals surface area (Å²) < 4.78 is 36.9. The SMILES string of the molecule is COc1ccccc1OC(=O)c1ccc(S(=O)(=O)N2CCCC2)cc1. The Morgan fingerprint density at radius 1 is 0.960 bits per heavy atom. The molecule has 0 amide bonds. The molecule has 7 heteroatoms. The molecule has 0 unspecified atom stereocenters. The summed E-state index contributed by atoms with van der Waals surface area (Å²) in [5.41, 5.74) is 0.270. The third-order valence-electron chi connectivity index (χ3n) is 4.06. The summed E-state index contributed by atoms with van der Waals surface area (Å²) in [6.07, 6.45) is 1.76. The second kappa shape index (κ2) is 7.25. The highest BCUT2D eigenvalue weighted by Crippen LogP contribution is 2.27. The first kappa shape index (κ1) is 17.4. The minimum absolute atomic E-state index is 0.184. The van der Waals surface area contributed by atoms with Gasteiger partial charge in [-0.1, -0.05) is 12.1 Å². The lowest BCUT2D eigenvalue weighted by atomic mass is 10.2. The number of carbonyl (C=O) groups excluding carboxylic acids is 1. The first-order valence-electron chi connectivity index (χ1n) is 7.98. The minimum atomic E-state index is -3.49. The maximum Gasteiger partial charge on any atom is 0.343 e. The molecule has 1 saturated heterocycles. The lowest BCUT2D eigenvalue weighted by Crippen LogP contribution is -2.27. The van der Waals surface area contributed by atoms with Crippen LogP contribution in [0.1, 0.15) is 23.2 Å². The number of ether oxygens (including phenoxy) is 2. The van der Waals surface area contributed by atoms with E-state index in [2.05, 4.69) is 0 Å². The van der Waals surface area contributed by atoms with Gasteiger partial charge in [-0.2, -0.15) is 4.31 Å². The molecule has 0 atom stereocenters. The number of carbonyl (C=O) groups is 1. The quantitative estimate of drug-likeness (QED) is 0.605. The number of benzene rings is 2. The summed E-state index contributed by atoms with van der Waals surface area (Å²) in [5, 5.41) is 0. The first-order valence-corrected chi connectivity index (χ1v) is 9.42. The zero-order valence-corrected chi connectivity index (χ0v) is 14.7. The van der Waals surface area contributed by atoms with E-state index in [1.54, 1.807) is 24.3 Å². The fourth-order valence-corrected chi connectivity index (χ4v) is 4.22. The molecule has 132 valence electrons. The third kappa shape index (κ3) is 3.67. The van der Waals surface area contributed by atoms with Crippen LogP contribution in [0.5, 0.6) is 11.5 Å². The number of rotatable bonds is 5. The fraction of sp³-hybridized carbons (Fsp3) is 0.278. The Balaban J connectivity index is 1.77. The molecule has 1 fully saturated rings. The molecule has 0 radical (unpaired) electrons. The molecular formula is C18H19NO5S. The largest absolute Gasteiger partial charge is 0.493 e. The Bertz CT molecular complexity index is 855. The van der Waals surface area contributed by atoms with E-state index in [-0.39, 0.29) is 10.5 Å². The van der Waals surface area contributed by atoms with Gasteiger partial charge in [-0.15, -0.1) is 0 Å². The molecule has 6 nitrogen and oxygen atoms in total. The number of hydrogen-bond donors (Lipinski definition) is 0. The van der Waals surface area contributed by atoms with Gasteiger partial charge in [0.05, 0.1) is 17.6 Å². The highest BCUT2D eigenvalue weighted by molar-refractivity contribution is 7.89. The number of nitrogens with zero attached hydrogens (tertiary/aromatic N) is 1. The maximum atomic E-state index is 12.5. The van der Waals surface area contributed by atoms with E-state index in [1.165, 1.54) is 35.7 Å². The topological polar surface area (TPSA) is 72.9 Å². The molecule has 0 aromatic heterocycles. The van der Waals surface area contributed by atoms with Crippen LogP contribution in [0.4, 0.5) is 0 Å². The van der Waals surface area contributed by atoms with Crippen molar-refractivity contribution in [2.24, 2.45) is 0 Å². The summed E-state index contributed by atoms with van der Waals surface area (Å²) in [6, 6.07) is 12.6. The molecule has 1 heterocycles. The average Bonchev–Trinajstić information content (AvgIpc) is 3.18. The van der Waals surface area contributed by atoms with Gasteiger partial charge >= 0.3 is 5.97 Å². The van der Waals surface area contributed by atoms with E-state index in [9.17, 15) is 13.2 Å². The molecule has 2 aromatic carbocycles. The van der Waals surface area contributed by atoms with Gasteiger partial charge in [0.25, 0.3) is 0 Å². The zero-order chi connectivity index (χ0) is 17.9. The van der Waals surface area contributed by atoms with Gasteiger partial charge in [0.1, 0.15) is 0 Å². The van der Waals surface area contributed by atoms with E-state index < -0.39 is 16.0 Å². The highest BCUT2D eigenvalue weighted by Gasteiger charge is 2.27. The van der Waals surface area contributed by atoms with Crippen molar-refractivity contribution in [3.05, 3.63) is 54.1 Å². The number of esters is 1. The van der Waals surface area contributed by atoms with Crippen LogP contribution in [0.2, 0.25) is 0 Å². The van der Waals surface area contributed by atoms with Gasteiger partial charge < -0.3 is 9.47 Å². The monoisotopic (exact) mass is 361 g/mol. The van der Waals surface area contributed by atoms with Crippen LogP contribution in [-0.2, 0) is 10.0 Å². The molecule has 25 heavy (non-hydrogen) atoms. The molecule has 1 aliphatic heterocycles. The van der Waals surface area contributed by atoms with E-state index in [0.29, 0.717) is 24.6 Å². The van der Waals surface area contributed by atoms with Crippen molar-refractivity contribution in [3.63, 3.8) is 0 Å². The van der Waals surface area contributed by atoms with Crippen LogP contribution in [0.25, 0.3) is 0 Å². The van der Waals surface area contributed by atoms with Crippen LogP contribution in [0, 0.1) is 0 Å². The number of hydrogen-bond acceptors (Lipinski definition) is 5. The Hall–Kier alpha value is -2.38. The Morgan fingerprint density at radius 3 is 2.16 bits per heavy atom. The summed E-state index contributed by atoms with van der Waals surface area (Å²) in [5.74, 6) is 0.183. The van der Waals surface area contributed by atoms with Crippen molar-refractivity contribution < 1.29 is 22.7 Å². The zero-order valence-electron chi connectivity index (χ0n) is 13.8. The van der Waals surface area contributed by atoms with Gasteiger partial charge in [-0.05, 0) is 49.2 Å². The second-order valence-corrected chi connectivity index (χ2v) is 7.61. The predicted molar refractivity (Wildman–Crippen MR) is 92.4 cm³/mol.